The van der Waals surface area contributed by atoms with E-state index in [4.69, 9.17) is 14.0 Å². The van der Waals surface area contributed by atoms with E-state index in [1.54, 1.807) is 0 Å². The van der Waals surface area contributed by atoms with Crippen LogP contribution in [0.1, 0.15) is 130 Å². The van der Waals surface area contributed by atoms with Gasteiger partial charge in [0.2, 0.25) is 5.91 Å². The molecule has 5 aliphatic carbocycles. The summed E-state index contributed by atoms with van der Waals surface area (Å²) >= 11 is 0. The molecule has 8 atom stereocenters. The minimum atomic E-state index is -0.543. The van der Waals surface area contributed by atoms with Crippen LogP contribution in [0.3, 0.4) is 0 Å². The number of rotatable bonds is 9. The van der Waals surface area contributed by atoms with Crippen molar-refractivity contribution in [3.8, 4) is 0 Å². The number of piperazine rings is 1. The molecule has 1 amide bonds. The van der Waals surface area contributed by atoms with Gasteiger partial charge in [-0.2, -0.15) is 0 Å². The molecule has 8 rings (SSSR count). The van der Waals surface area contributed by atoms with Crippen molar-refractivity contribution in [2.75, 3.05) is 39.3 Å². The monoisotopic (exact) mass is 782 g/mol. The van der Waals surface area contributed by atoms with Crippen LogP contribution < -0.4 is 0 Å². The maximum absolute atomic E-state index is 14.4. The van der Waals surface area contributed by atoms with Crippen LogP contribution >= 0.6 is 0 Å². The van der Waals surface area contributed by atoms with Gasteiger partial charge in [-0.15, -0.1) is 0 Å². The van der Waals surface area contributed by atoms with Gasteiger partial charge in [-0.25, -0.2) is 0 Å². The Labute approximate surface area is 340 Å². The van der Waals surface area contributed by atoms with E-state index in [2.05, 4.69) is 64.6 Å². The Hall–Kier alpha value is -3.46. The number of nitrogens with zero attached hydrogens (tertiary/aromatic N) is 3. The number of hydrogen-bond donors (Lipinski definition) is 0. The topological polar surface area (TPSA) is 102 Å². The van der Waals surface area contributed by atoms with Gasteiger partial charge in [0.1, 0.15) is 19.0 Å². The van der Waals surface area contributed by atoms with Crippen molar-refractivity contribution in [3.63, 3.8) is 0 Å². The summed E-state index contributed by atoms with van der Waals surface area (Å²) in [5.41, 5.74) is 2.65. The quantitative estimate of drug-likeness (QED) is 0.184. The summed E-state index contributed by atoms with van der Waals surface area (Å²) in [6, 6.07) is 10.1. The maximum atomic E-state index is 14.4. The van der Waals surface area contributed by atoms with E-state index in [0.29, 0.717) is 25.6 Å². The zero-order valence-corrected chi connectivity index (χ0v) is 35.8. The van der Waals surface area contributed by atoms with Crippen LogP contribution in [0, 0.1) is 44.8 Å². The van der Waals surface area contributed by atoms with Crippen LogP contribution in [-0.4, -0.2) is 72.1 Å². The maximum Gasteiger partial charge on any atom is 0.313 e. The molecule has 6 aliphatic rings. The summed E-state index contributed by atoms with van der Waals surface area (Å²) in [6.07, 6.45) is 13.4. The number of aromatic nitrogens is 1. The molecule has 4 fully saturated rings. The molecule has 0 N–H and O–H groups in total. The fourth-order valence-electron chi connectivity index (χ4n) is 13.7. The van der Waals surface area contributed by atoms with E-state index in [9.17, 15) is 14.4 Å². The summed E-state index contributed by atoms with van der Waals surface area (Å²) in [6.45, 7) is 21.4. The van der Waals surface area contributed by atoms with Crippen LogP contribution in [0.2, 0.25) is 0 Å². The zero-order valence-electron chi connectivity index (χ0n) is 35.8. The number of likely N-dealkylation sites (N-methyl/N-ethyl adjacent to an activating group) is 1. The first-order valence-corrected chi connectivity index (χ1v) is 22.1. The molecule has 0 spiro atoms. The highest BCUT2D eigenvalue weighted by atomic mass is 16.5. The molecule has 0 radical (unpaired) electrons. The first-order valence-electron chi connectivity index (χ1n) is 22.1. The average molecular weight is 782 g/mol. The highest BCUT2D eigenvalue weighted by Crippen LogP contribution is 2.75. The molecule has 1 aliphatic heterocycles. The lowest BCUT2D eigenvalue weighted by molar-refractivity contribution is -0.185. The lowest BCUT2D eigenvalue weighted by atomic mass is 9.33. The normalized spacial score (nSPS) is 37.0. The summed E-state index contributed by atoms with van der Waals surface area (Å²) < 4.78 is 18.4. The molecule has 9 nitrogen and oxygen atoms in total. The van der Waals surface area contributed by atoms with Crippen molar-refractivity contribution < 1.29 is 28.4 Å². The van der Waals surface area contributed by atoms with E-state index in [-0.39, 0.29) is 70.8 Å². The molecule has 0 unspecified atom stereocenters. The summed E-state index contributed by atoms with van der Waals surface area (Å²) in [5.74, 6) is 1.32. The van der Waals surface area contributed by atoms with Gasteiger partial charge in [-0.1, -0.05) is 88.7 Å². The number of amides is 1. The minimum Gasteiger partial charge on any atom is -0.465 e. The first kappa shape index (κ1) is 40.3. The minimum absolute atomic E-state index is 0.00509. The smallest absolute Gasteiger partial charge is 0.313 e. The molecule has 0 bridgehead atoms. The third-order valence-electron chi connectivity index (χ3n) is 17.3. The van der Waals surface area contributed by atoms with Crippen molar-refractivity contribution in [1.29, 1.82) is 0 Å². The first-order chi connectivity index (χ1) is 27.1. The lowest BCUT2D eigenvalue weighted by Gasteiger charge is -2.70. The second-order valence-corrected chi connectivity index (χ2v) is 20.7. The summed E-state index contributed by atoms with van der Waals surface area (Å²) in [5, 5.41) is 4.33. The third kappa shape index (κ3) is 6.61. The van der Waals surface area contributed by atoms with E-state index >= 15 is 0 Å². The fourth-order valence-corrected chi connectivity index (χ4v) is 13.7. The van der Waals surface area contributed by atoms with Gasteiger partial charge in [0.05, 0.1) is 23.4 Å². The Bertz CT molecular complexity index is 1880. The van der Waals surface area contributed by atoms with Gasteiger partial charge in [0.25, 0.3) is 0 Å². The van der Waals surface area contributed by atoms with Crippen molar-refractivity contribution in [1.82, 2.24) is 15.0 Å². The second-order valence-electron chi connectivity index (χ2n) is 20.7. The van der Waals surface area contributed by atoms with E-state index in [0.717, 1.165) is 94.3 Å². The number of carbonyl (C=O) groups excluding carboxylic acids is 3. The van der Waals surface area contributed by atoms with Gasteiger partial charge in [0, 0.05) is 38.2 Å². The van der Waals surface area contributed by atoms with E-state index in [1.807, 2.05) is 41.4 Å². The van der Waals surface area contributed by atoms with Crippen LogP contribution in [0.5, 0.6) is 0 Å². The molecule has 9 heteroatoms. The van der Waals surface area contributed by atoms with Crippen molar-refractivity contribution >= 4 is 17.8 Å². The molecule has 1 saturated heterocycles. The Morgan fingerprint density at radius 3 is 2.35 bits per heavy atom. The van der Waals surface area contributed by atoms with Crippen molar-refractivity contribution in [2.24, 2.45) is 44.8 Å². The van der Waals surface area contributed by atoms with Crippen LogP contribution in [0.25, 0.3) is 0 Å². The van der Waals surface area contributed by atoms with Gasteiger partial charge < -0.3 is 23.8 Å². The Kier molecular flexibility index (Phi) is 10.4. The van der Waals surface area contributed by atoms with Gasteiger partial charge in [-0.3, -0.25) is 14.4 Å². The number of ether oxygens (including phenoxy) is 2. The molecule has 2 heterocycles. The van der Waals surface area contributed by atoms with Gasteiger partial charge in [0.15, 0.2) is 0 Å². The number of fused-ring (bicyclic) bond motifs is 8. The largest absolute Gasteiger partial charge is 0.465 e. The van der Waals surface area contributed by atoms with Crippen LogP contribution in [-0.2, 0) is 42.3 Å². The molecule has 3 saturated carbocycles. The number of allylic oxidation sites excluding steroid dienone is 2. The summed E-state index contributed by atoms with van der Waals surface area (Å²) in [7, 11) is 0. The fraction of sp³-hybridized carbons (Fsp3) is 0.708. The van der Waals surface area contributed by atoms with E-state index in [1.165, 1.54) is 5.57 Å². The average Bonchev–Trinajstić information content (AvgIpc) is 3.67. The highest BCUT2D eigenvalue weighted by Gasteiger charge is 2.70. The number of hydrogen-bond acceptors (Lipinski definition) is 8. The van der Waals surface area contributed by atoms with E-state index < -0.39 is 10.8 Å². The standard InChI is InChI=1S/C48H67N3O6/c1-8-50-24-26-51(27-25-50)39(52)16-17-40(53)56-32-45(5)37-18-19-47(7)38(44(37,4)28-34-30-49-57-41(34)45)15-14-35-36-29-43(2,3)20-22-48(36,23-21-46(35,47)6)42(54)55-31-33-12-10-9-11-13-33/h9-14,30,36-38H,8,15-29,31-32H2,1-7H3/t36-,37+,38+,44-,45-,46+,47+,48-/m0/s1. The molecule has 57 heavy (non-hydrogen) atoms. The number of benzene rings is 1. The highest BCUT2D eigenvalue weighted by molar-refractivity contribution is 5.81. The molecule has 1 aromatic heterocycles. The SMILES string of the molecule is CCN1CCN(C(=O)CCC(=O)OC[C@]2(C)c3oncc3C[C@@]3(C)[C@H]2CC[C@]2(C)[C@@H]3CC=C3[C@@H]4CC(C)(C)CC[C@]4(C(=O)OCc4ccccc4)CC[C@]32C)CC1. The predicted molar refractivity (Wildman–Crippen MR) is 219 cm³/mol. The lowest BCUT2D eigenvalue weighted by Crippen LogP contribution is -2.65. The summed E-state index contributed by atoms with van der Waals surface area (Å²) in [4.78, 5) is 45.0. The Balaban J connectivity index is 1.03. The van der Waals surface area contributed by atoms with Crippen molar-refractivity contribution in [3.05, 3.63) is 65.1 Å². The second kappa shape index (κ2) is 14.7. The molecule has 310 valence electrons. The molecular weight excluding hydrogens is 715 g/mol. The van der Waals surface area contributed by atoms with Crippen LogP contribution in [0.4, 0.5) is 0 Å². The Morgan fingerprint density at radius 2 is 1.61 bits per heavy atom. The van der Waals surface area contributed by atoms with Gasteiger partial charge >= 0.3 is 11.9 Å². The van der Waals surface area contributed by atoms with Crippen molar-refractivity contribution in [2.45, 2.75) is 131 Å². The molecule has 2 aromatic rings. The third-order valence-corrected chi connectivity index (χ3v) is 17.3. The predicted octanol–water partition coefficient (Wildman–Crippen LogP) is 8.70. The number of carbonyl (C=O) groups is 3. The van der Waals surface area contributed by atoms with Gasteiger partial charge in [-0.05, 0) is 116 Å². The number of esters is 2. The zero-order chi connectivity index (χ0) is 40.4. The molecule has 1 aromatic carbocycles. The Morgan fingerprint density at radius 1 is 0.877 bits per heavy atom. The molecular formula is C48H67N3O6. The van der Waals surface area contributed by atoms with Crippen LogP contribution in [0.15, 0.2) is 52.7 Å².